The number of amides is 1. The molecule has 34 heavy (non-hydrogen) atoms. The standard InChI is InChI=1S/C26H31N5O2S/c1-18-7-9-20(10-8-18)24(21-11-12-21)27-23(32)17-34-26-29-28-25(30-13-15-33-16-14-30)31(26)22-6-4-3-5-19(22)2/h3-10,21,24H,11-17H2,1-2H3,(H,27,32). The van der Waals surface area contributed by atoms with Crippen molar-refractivity contribution in [3.05, 3.63) is 65.2 Å². The quantitative estimate of drug-likeness (QED) is 0.493. The second-order valence-corrected chi connectivity index (χ2v) is 10.0. The summed E-state index contributed by atoms with van der Waals surface area (Å²) in [5.41, 5.74) is 4.58. The maximum Gasteiger partial charge on any atom is 0.232 e. The van der Waals surface area contributed by atoms with Crippen LogP contribution in [0.1, 0.15) is 35.6 Å². The number of ether oxygens (including phenoxy) is 1. The largest absolute Gasteiger partial charge is 0.378 e. The summed E-state index contributed by atoms with van der Waals surface area (Å²) >= 11 is 1.43. The zero-order chi connectivity index (χ0) is 23.5. The molecule has 1 aliphatic carbocycles. The molecular weight excluding hydrogens is 446 g/mol. The molecule has 1 saturated heterocycles. The molecule has 1 N–H and O–H groups in total. The van der Waals surface area contributed by atoms with Gasteiger partial charge in [0.25, 0.3) is 0 Å². The summed E-state index contributed by atoms with van der Waals surface area (Å²) in [4.78, 5) is 15.2. The molecule has 1 aromatic heterocycles. The van der Waals surface area contributed by atoms with Gasteiger partial charge in [-0.15, -0.1) is 10.2 Å². The van der Waals surface area contributed by atoms with Crippen LogP contribution in [0.3, 0.4) is 0 Å². The second-order valence-electron chi connectivity index (χ2n) is 9.09. The molecule has 1 unspecified atom stereocenters. The number of hydrogen-bond acceptors (Lipinski definition) is 6. The summed E-state index contributed by atoms with van der Waals surface area (Å²) in [5.74, 6) is 1.65. The fraction of sp³-hybridized carbons (Fsp3) is 0.423. The molecular formula is C26H31N5O2S. The van der Waals surface area contributed by atoms with Gasteiger partial charge in [-0.05, 0) is 49.8 Å². The Kier molecular flexibility index (Phi) is 6.87. The van der Waals surface area contributed by atoms with Crippen LogP contribution in [0, 0.1) is 19.8 Å². The molecule has 2 aliphatic rings. The van der Waals surface area contributed by atoms with Gasteiger partial charge in [-0.2, -0.15) is 0 Å². The highest BCUT2D eigenvalue weighted by Crippen LogP contribution is 2.41. The van der Waals surface area contributed by atoms with Gasteiger partial charge in [0.1, 0.15) is 0 Å². The zero-order valence-corrected chi connectivity index (χ0v) is 20.6. The summed E-state index contributed by atoms with van der Waals surface area (Å²) < 4.78 is 7.60. The van der Waals surface area contributed by atoms with Crippen LogP contribution in [0.2, 0.25) is 0 Å². The van der Waals surface area contributed by atoms with Crippen LogP contribution in [0.4, 0.5) is 5.95 Å². The predicted octanol–water partition coefficient (Wildman–Crippen LogP) is 4.08. The van der Waals surface area contributed by atoms with Gasteiger partial charge in [-0.25, -0.2) is 0 Å². The number of nitrogens with one attached hydrogen (secondary N) is 1. The second kappa shape index (κ2) is 10.2. The summed E-state index contributed by atoms with van der Waals surface area (Å²) in [7, 11) is 0. The van der Waals surface area contributed by atoms with Crippen LogP contribution in [0.25, 0.3) is 5.69 Å². The lowest BCUT2D eigenvalue weighted by atomic mass is 10.0. The molecule has 2 heterocycles. The average Bonchev–Trinajstić information content (AvgIpc) is 3.62. The van der Waals surface area contributed by atoms with Gasteiger partial charge in [0.15, 0.2) is 5.16 Å². The summed E-state index contributed by atoms with van der Waals surface area (Å²) in [6.45, 7) is 7.06. The number of para-hydroxylation sites is 1. The van der Waals surface area contributed by atoms with Crippen molar-refractivity contribution in [1.82, 2.24) is 20.1 Å². The molecule has 1 amide bonds. The van der Waals surface area contributed by atoms with Crippen molar-refractivity contribution in [3.63, 3.8) is 0 Å². The lowest BCUT2D eigenvalue weighted by Gasteiger charge is -2.28. The van der Waals surface area contributed by atoms with E-state index in [0.717, 1.165) is 48.3 Å². The summed E-state index contributed by atoms with van der Waals surface area (Å²) in [6.07, 6.45) is 2.33. The molecule has 8 heteroatoms. The first-order chi connectivity index (χ1) is 16.6. The highest BCUT2D eigenvalue weighted by Gasteiger charge is 2.33. The van der Waals surface area contributed by atoms with E-state index in [0.29, 0.717) is 24.9 Å². The Morgan fingerprint density at radius 2 is 1.82 bits per heavy atom. The molecule has 178 valence electrons. The third kappa shape index (κ3) is 5.13. The van der Waals surface area contributed by atoms with Gasteiger partial charge in [0.05, 0.1) is 30.7 Å². The number of morpholine rings is 1. The maximum absolute atomic E-state index is 13.0. The van der Waals surface area contributed by atoms with E-state index in [4.69, 9.17) is 4.74 Å². The first-order valence-corrected chi connectivity index (χ1v) is 12.9. The van der Waals surface area contributed by atoms with E-state index >= 15 is 0 Å². The fourth-order valence-electron chi connectivity index (χ4n) is 4.37. The Labute approximate surface area is 204 Å². The number of hydrogen-bond donors (Lipinski definition) is 1. The number of nitrogens with zero attached hydrogens (tertiary/aromatic N) is 4. The van der Waals surface area contributed by atoms with Crippen molar-refractivity contribution in [3.8, 4) is 5.69 Å². The van der Waals surface area contributed by atoms with E-state index in [2.05, 4.69) is 75.2 Å². The zero-order valence-electron chi connectivity index (χ0n) is 19.7. The predicted molar refractivity (Wildman–Crippen MR) is 135 cm³/mol. The van der Waals surface area contributed by atoms with Crippen molar-refractivity contribution >= 4 is 23.6 Å². The van der Waals surface area contributed by atoms with Crippen molar-refractivity contribution < 1.29 is 9.53 Å². The summed E-state index contributed by atoms with van der Waals surface area (Å²) in [6, 6.07) is 16.8. The van der Waals surface area contributed by atoms with E-state index in [1.165, 1.54) is 22.9 Å². The maximum atomic E-state index is 13.0. The van der Waals surface area contributed by atoms with Crippen molar-refractivity contribution in [1.29, 1.82) is 0 Å². The normalized spacial score (nSPS) is 16.9. The minimum absolute atomic E-state index is 0.0229. The van der Waals surface area contributed by atoms with Crippen molar-refractivity contribution in [2.24, 2.45) is 5.92 Å². The van der Waals surface area contributed by atoms with Gasteiger partial charge in [-0.1, -0.05) is 59.8 Å². The van der Waals surface area contributed by atoms with Crippen molar-refractivity contribution in [2.45, 2.75) is 37.9 Å². The van der Waals surface area contributed by atoms with Crippen LogP contribution in [0.5, 0.6) is 0 Å². The van der Waals surface area contributed by atoms with Gasteiger partial charge in [0, 0.05) is 13.1 Å². The molecule has 1 aliphatic heterocycles. The lowest BCUT2D eigenvalue weighted by Crippen LogP contribution is -2.38. The number of carbonyl (C=O) groups excluding carboxylic acids is 1. The van der Waals surface area contributed by atoms with E-state index < -0.39 is 0 Å². The first kappa shape index (κ1) is 22.9. The Hall–Kier alpha value is -2.84. The Bertz CT molecular complexity index is 1140. The Morgan fingerprint density at radius 1 is 1.09 bits per heavy atom. The monoisotopic (exact) mass is 477 g/mol. The number of anilines is 1. The fourth-order valence-corrected chi connectivity index (χ4v) is 5.12. The van der Waals surface area contributed by atoms with E-state index in [9.17, 15) is 4.79 Å². The highest BCUT2D eigenvalue weighted by molar-refractivity contribution is 7.99. The Morgan fingerprint density at radius 3 is 2.53 bits per heavy atom. The van der Waals surface area contributed by atoms with Gasteiger partial charge >= 0.3 is 0 Å². The van der Waals surface area contributed by atoms with Gasteiger partial charge < -0.3 is 15.0 Å². The average molecular weight is 478 g/mol. The third-order valence-corrected chi connectivity index (χ3v) is 7.37. The lowest BCUT2D eigenvalue weighted by molar-refractivity contribution is -0.119. The number of aromatic nitrogens is 3. The number of aryl methyl sites for hydroxylation is 2. The van der Waals surface area contributed by atoms with Crippen molar-refractivity contribution in [2.75, 3.05) is 37.0 Å². The SMILES string of the molecule is Cc1ccc(C(NC(=O)CSc2nnc(N3CCOCC3)n2-c2ccccc2C)C2CC2)cc1. The van der Waals surface area contributed by atoms with E-state index in [-0.39, 0.29) is 11.9 Å². The molecule has 0 spiro atoms. The van der Waals surface area contributed by atoms with Gasteiger partial charge in [0.2, 0.25) is 11.9 Å². The molecule has 1 saturated carbocycles. The first-order valence-electron chi connectivity index (χ1n) is 11.9. The van der Waals surface area contributed by atoms with Crippen LogP contribution < -0.4 is 10.2 Å². The number of carbonyl (C=O) groups is 1. The molecule has 3 aromatic rings. The van der Waals surface area contributed by atoms with E-state index in [1.807, 2.05) is 12.1 Å². The van der Waals surface area contributed by atoms with Gasteiger partial charge in [-0.3, -0.25) is 9.36 Å². The third-order valence-electron chi connectivity index (χ3n) is 6.45. The summed E-state index contributed by atoms with van der Waals surface area (Å²) in [5, 5.41) is 13.0. The molecule has 0 bridgehead atoms. The van der Waals surface area contributed by atoms with Crippen LogP contribution in [0.15, 0.2) is 53.7 Å². The van der Waals surface area contributed by atoms with E-state index in [1.54, 1.807) is 0 Å². The minimum Gasteiger partial charge on any atom is -0.378 e. The number of rotatable bonds is 8. The molecule has 5 rings (SSSR count). The Balaban J connectivity index is 1.34. The molecule has 2 fully saturated rings. The molecule has 0 radical (unpaired) electrons. The van der Waals surface area contributed by atoms with Crippen LogP contribution >= 0.6 is 11.8 Å². The molecule has 7 nitrogen and oxygen atoms in total. The van der Waals surface area contributed by atoms with Crippen LogP contribution in [-0.4, -0.2) is 52.7 Å². The molecule has 2 aromatic carbocycles. The minimum atomic E-state index is 0.0229. The topological polar surface area (TPSA) is 72.3 Å². The smallest absolute Gasteiger partial charge is 0.232 e. The number of benzene rings is 2. The molecule has 1 atom stereocenters. The highest BCUT2D eigenvalue weighted by atomic mass is 32.2. The van der Waals surface area contributed by atoms with Crippen LogP contribution in [-0.2, 0) is 9.53 Å². The number of thioether (sulfide) groups is 1.